The SMILES string of the molecule is COc1cc(NC(=O)N2CCCC(c3nnc(C(=O)Nc4ccc(F)cc4)s3)C2)cc(OC)c1. The number of benzene rings is 2. The van der Waals surface area contributed by atoms with E-state index in [0.29, 0.717) is 41.0 Å². The Labute approximate surface area is 199 Å². The van der Waals surface area contributed by atoms with Gasteiger partial charge in [0.25, 0.3) is 5.91 Å². The van der Waals surface area contributed by atoms with Crippen molar-refractivity contribution in [2.75, 3.05) is 37.9 Å². The average Bonchev–Trinajstić information content (AvgIpc) is 3.36. The van der Waals surface area contributed by atoms with Gasteiger partial charge < -0.3 is 25.0 Å². The number of urea groups is 1. The van der Waals surface area contributed by atoms with E-state index in [0.717, 1.165) is 12.8 Å². The molecule has 2 aromatic carbocycles. The molecule has 2 heterocycles. The molecule has 1 aliphatic heterocycles. The zero-order valence-electron chi connectivity index (χ0n) is 18.7. The third-order valence-corrected chi connectivity index (χ3v) is 6.48. The van der Waals surface area contributed by atoms with Crippen LogP contribution in [0.1, 0.15) is 33.6 Å². The highest BCUT2D eigenvalue weighted by Crippen LogP contribution is 2.31. The van der Waals surface area contributed by atoms with Crippen molar-refractivity contribution in [2.45, 2.75) is 18.8 Å². The van der Waals surface area contributed by atoms with Crippen LogP contribution in [0.15, 0.2) is 42.5 Å². The first-order chi connectivity index (χ1) is 16.4. The predicted octanol–water partition coefficient (Wildman–Crippen LogP) is 4.36. The van der Waals surface area contributed by atoms with E-state index >= 15 is 0 Å². The first-order valence-electron chi connectivity index (χ1n) is 10.6. The summed E-state index contributed by atoms with van der Waals surface area (Å²) in [7, 11) is 3.09. The number of amides is 3. The number of hydrogen-bond donors (Lipinski definition) is 2. The second-order valence-electron chi connectivity index (χ2n) is 7.72. The van der Waals surface area contributed by atoms with Crippen molar-refractivity contribution in [3.63, 3.8) is 0 Å². The Hall–Kier alpha value is -3.73. The molecule has 11 heteroatoms. The molecule has 34 heavy (non-hydrogen) atoms. The maximum atomic E-state index is 13.1. The average molecular weight is 486 g/mol. The summed E-state index contributed by atoms with van der Waals surface area (Å²) in [6.45, 7) is 1.07. The number of nitrogens with one attached hydrogen (secondary N) is 2. The molecule has 2 N–H and O–H groups in total. The number of nitrogens with zero attached hydrogens (tertiary/aromatic N) is 3. The topological polar surface area (TPSA) is 106 Å². The molecule has 1 atom stereocenters. The fraction of sp³-hybridized carbons (Fsp3) is 0.304. The normalized spacial score (nSPS) is 15.5. The molecule has 1 unspecified atom stereocenters. The molecule has 3 amide bonds. The van der Waals surface area contributed by atoms with Gasteiger partial charge in [-0.25, -0.2) is 9.18 Å². The summed E-state index contributed by atoms with van der Waals surface area (Å²) < 4.78 is 23.6. The molecular weight excluding hydrogens is 461 g/mol. The van der Waals surface area contributed by atoms with Gasteiger partial charge in [0.1, 0.15) is 22.3 Å². The van der Waals surface area contributed by atoms with Crippen molar-refractivity contribution in [1.82, 2.24) is 15.1 Å². The van der Waals surface area contributed by atoms with E-state index in [1.165, 1.54) is 35.6 Å². The Morgan fingerprint density at radius 3 is 2.41 bits per heavy atom. The zero-order chi connectivity index (χ0) is 24.1. The number of carbonyl (C=O) groups excluding carboxylic acids is 2. The number of likely N-dealkylation sites (tertiary alicyclic amines) is 1. The fourth-order valence-electron chi connectivity index (χ4n) is 3.65. The summed E-state index contributed by atoms with van der Waals surface area (Å²) in [6, 6.07) is 10.4. The van der Waals surface area contributed by atoms with Gasteiger partial charge in [0.05, 0.1) is 14.2 Å². The Bertz CT molecular complexity index is 1150. The van der Waals surface area contributed by atoms with E-state index in [9.17, 15) is 14.0 Å². The Kier molecular flexibility index (Phi) is 7.21. The minimum Gasteiger partial charge on any atom is -0.497 e. The van der Waals surface area contributed by atoms with Crippen LogP contribution in [0.25, 0.3) is 0 Å². The number of methoxy groups -OCH3 is 2. The minimum atomic E-state index is -0.410. The van der Waals surface area contributed by atoms with Gasteiger partial charge in [-0.1, -0.05) is 11.3 Å². The molecule has 1 aliphatic rings. The third kappa shape index (κ3) is 5.60. The molecule has 4 rings (SSSR count). The Morgan fingerprint density at radius 1 is 1.03 bits per heavy atom. The largest absolute Gasteiger partial charge is 0.497 e. The van der Waals surface area contributed by atoms with Crippen molar-refractivity contribution in [3.05, 3.63) is 58.3 Å². The molecule has 1 saturated heterocycles. The minimum absolute atomic E-state index is 0.0239. The van der Waals surface area contributed by atoms with Crippen molar-refractivity contribution in [1.29, 1.82) is 0 Å². The molecule has 0 bridgehead atoms. The molecule has 0 aliphatic carbocycles. The van der Waals surface area contributed by atoms with Crippen LogP contribution in [0, 0.1) is 5.82 Å². The number of ether oxygens (including phenoxy) is 2. The summed E-state index contributed by atoms with van der Waals surface area (Å²) in [5.74, 6) is 0.336. The summed E-state index contributed by atoms with van der Waals surface area (Å²) in [5.41, 5.74) is 1.04. The maximum absolute atomic E-state index is 13.1. The van der Waals surface area contributed by atoms with Gasteiger partial charge in [-0.2, -0.15) is 0 Å². The van der Waals surface area contributed by atoms with E-state index in [2.05, 4.69) is 20.8 Å². The highest BCUT2D eigenvalue weighted by Gasteiger charge is 2.28. The first kappa shape index (κ1) is 23.4. The molecule has 9 nitrogen and oxygen atoms in total. The Morgan fingerprint density at radius 2 is 1.74 bits per heavy atom. The van der Waals surface area contributed by atoms with E-state index in [-0.39, 0.29) is 22.8 Å². The summed E-state index contributed by atoms with van der Waals surface area (Å²) in [6.07, 6.45) is 1.64. The number of rotatable bonds is 6. The fourth-order valence-corrected chi connectivity index (χ4v) is 4.52. The summed E-state index contributed by atoms with van der Waals surface area (Å²) >= 11 is 1.20. The Balaban J connectivity index is 1.39. The van der Waals surface area contributed by atoms with Gasteiger partial charge in [-0.15, -0.1) is 10.2 Å². The number of hydrogen-bond acceptors (Lipinski definition) is 7. The standard InChI is InChI=1S/C23H24FN5O4S/c1-32-18-10-17(11-19(12-18)33-2)26-23(31)29-9-3-4-14(13-29)21-27-28-22(34-21)20(30)25-16-7-5-15(24)6-8-16/h5-8,10-12,14H,3-4,9,13H2,1-2H3,(H,25,30)(H,26,31). The molecule has 0 radical (unpaired) electrons. The molecule has 0 saturated carbocycles. The van der Waals surface area contributed by atoms with Crippen LogP contribution in [0.3, 0.4) is 0 Å². The van der Waals surface area contributed by atoms with E-state index in [4.69, 9.17) is 9.47 Å². The van der Waals surface area contributed by atoms with Crippen molar-refractivity contribution in [3.8, 4) is 11.5 Å². The van der Waals surface area contributed by atoms with Crippen LogP contribution in [0.2, 0.25) is 0 Å². The van der Waals surface area contributed by atoms with E-state index in [1.54, 1.807) is 37.3 Å². The van der Waals surface area contributed by atoms with Crippen molar-refractivity contribution in [2.24, 2.45) is 0 Å². The maximum Gasteiger partial charge on any atom is 0.321 e. The van der Waals surface area contributed by atoms with Crippen LogP contribution < -0.4 is 20.1 Å². The number of carbonyl (C=O) groups is 2. The lowest BCUT2D eigenvalue weighted by atomic mass is 9.99. The van der Waals surface area contributed by atoms with E-state index in [1.807, 2.05) is 0 Å². The van der Waals surface area contributed by atoms with Gasteiger partial charge in [0.15, 0.2) is 0 Å². The molecule has 178 valence electrons. The van der Waals surface area contributed by atoms with Crippen LogP contribution in [-0.4, -0.2) is 54.3 Å². The molecule has 1 aromatic heterocycles. The van der Waals surface area contributed by atoms with Gasteiger partial charge in [-0.3, -0.25) is 4.79 Å². The predicted molar refractivity (Wildman–Crippen MR) is 126 cm³/mol. The van der Waals surface area contributed by atoms with E-state index < -0.39 is 5.91 Å². The number of aromatic nitrogens is 2. The summed E-state index contributed by atoms with van der Waals surface area (Å²) in [5, 5.41) is 14.7. The van der Waals surface area contributed by atoms with Crippen molar-refractivity contribution < 1.29 is 23.5 Å². The lowest BCUT2D eigenvalue weighted by molar-refractivity contribution is 0.102. The van der Waals surface area contributed by atoms with Gasteiger partial charge >= 0.3 is 6.03 Å². The monoisotopic (exact) mass is 485 g/mol. The zero-order valence-corrected chi connectivity index (χ0v) is 19.5. The highest BCUT2D eigenvalue weighted by molar-refractivity contribution is 7.13. The first-order valence-corrected chi connectivity index (χ1v) is 11.5. The second kappa shape index (κ2) is 10.5. The highest BCUT2D eigenvalue weighted by atomic mass is 32.1. The van der Waals surface area contributed by atoms with Crippen LogP contribution in [0.4, 0.5) is 20.6 Å². The van der Waals surface area contributed by atoms with Gasteiger partial charge in [0, 0.05) is 48.6 Å². The third-order valence-electron chi connectivity index (χ3n) is 5.40. The van der Waals surface area contributed by atoms with Crippen LogP contribution in [0.5, 0.6) is 11.5 Å². The quantitative estimate of drug-likeness (QED) is 0.538. The van der Waals surface area contributed by atoms with Crippen LogP contribution in [-0.2, 0) is 0 Å². The van der Waals surface area contributed by atoms with Gasteiger partial charge in [-0.05, 0) is 37.1 Å². The van der Waals surface area contributed by atoms with Gasteiger partial charge in [0.2, 0.25) is 5.01 Å². The molecule has 3 aromatic rings. The number of halogens is 1. The summed E-state index contributed by atoms with van der Waals surface area (Å²) in [4.78, 5) is 27.1. The molecular formula is C23H24FN5O4S. The van der Waals surface area contributed by atoms with Crippen molar-refractivity contribution >= 4 is 34.6 Å². The number of piperidine rings is 1. The molecule has 0 spiro atoms. The molecule has 1 fully saturated rings. The lowest BCUT2D eigenvalue weighted by Gasteiger charge is -2.31. The number of anilines is 2. The smallest absolute Gasteiger partial charge is 0.321 e. The van der Waals surface area contributed by atoms with Crippen LogP contribution >= 0.6 is 11.3 Å². The second-order valence-corrected chi connectivity index (χ2v) is 8.73. The lowest BCUT2D eigenvalue weighted by Crippen LogP contribution is -2.41.